The van der Waals surface area contributed by atoms with Crippen molar-refractivity contribution in [2.75, 3.05) is 17.2 Å². The first-order valence-corrected chi connectivity index (χ1v) is 6.64. The Morgan fingerprint density at radius 3 is 2.55 bits per heavy atom. The van der Waals surface area contributed by atoms with Gasteiger partial charge in [0.15, 0.2) is 0 Å². The summed E-state index contributed by atoms with van der Waals surface area (Å²) < 4.78 is 0. The van der Waals surface area contributed by atoms with Crippen LogP contribution in [0.4, 0.5) is 16.2 Å². The molecule has 4 nitrogen and oxygen atoms in total. The second-order valence-electron chi connectivity index (χ2n) is 5.06. The van der Waals surface area contributed by atoms with Gasteiger partial charge in [0.1, 0.15) is 0 Å². The van der Waals surface area contributed by atoms with E-state index in [-0.39, 0.29) is 12.1 Å². The van der Waals surface area contributed by atoms with Gasteiger partial charge in [-0.1, -0.05) is 24.3 Å². The van der Waals surface area contributed by atoms with Crippen molar-refractivity contribution < 1.29 is 4.79 Å². The van der Waals surface area contributed by atoms with Crippen molar-refractivity contribution in [3.05, 3.63) is 59.7 Å². The van der Waals surface area contributed by atoms with Gasteiger partial charge in [-0.3, -0.25) is 4.90 Å². The highest BCUT2D eigenvalue weighted by molar-refractivity contribution is 5.94. The molecule has 3 rings (SSSR count). The van der Waals surface area contributed by atoms with Gasteiger partial charge in [0, 0.05) is 11.4 Å². The molecule has 102 valence electrons. The first kappa shape index (κ1) is 12.5. The molecule has 0 saturated carbocycles. The zero-order valence-corrected chi connectivity index (χ0v) is 11.3. The van der Waals surface area contributed by atoms with Gasteiger partial charge in [-0.05, 0) is 42.3 Å². The molecule has 1 aliphatic rings. The maximum absolute atomic E-state index is 12.1. The Morgan fingerprint density at radius 1 is 1.15 bits per heavy atom. The summed E-state index contributed by atoms with van der Waals surface area (Å²) in [6.45, 7) is 2.70. The Bertz CT molecular complexity index is 636. The van der Waals surface area contributed by atoms with Crippen LogP contribution < -0.4 is 16.0 Å². The molecule has 2 aromatic rings. The molecular formula is C16H17N3O. The van der Waals surface area contributed by atoms with Crippen LogP contribution in [-0.4, -0.2) is 12.6 Å². The highest BCUT2D eigenvalue weighted by Crippen LogP contribution is 2.27. The van der Waals surface area contributed by atoms with Crippen LogP contribution in [0.25, 0.3) is 0 Å². The van der Waals surface area contributed by atoms with Crippen LogP contribution in [0.15, 0.2) is 48.5 Å². The second kappa shape index (κ2) is 4.89. The number of nitrogen functional groups attached to an aromatic ring is 1. The van der Waals surface area contributed by atoms with Gasteiger partial charge in [-0.15, -0.1) is 0 Å². The molecule has 1 aliphatic heterocycles. The number of nitrogens with zero attached hydrogens (tertiary/aromatic N) is 1. The summed E-state index contributed by atoms with van der Waals surface area (Å²) >= 11 is 0. The Morgan fingerprint density at radius 2 is 1.85 bits per heavy atom. The SMILES string of the molecule is Cc1ccccc1C1CN(c2ccc(N)cc2)C(=O)N1. The number of hydrogen-bond acceptors (Lipinski definition) is 2. The van der Waals surface area contributed by atoms with E-state index in [1.807, 2.05) is 36.4 Å². The van der Waals surface area contributed by atoms with Gasteiger partial charge in [0.2, 0.25) is 0 Å². The Balaban J connectivity index is 1.85. The molecule has 0 bridgehead atoms. The topological polar surface area (TPSA) is 58.4 Å². The van der Waals surface area contributed by atoms with E-state index in [4.69, 9.17) is 5.73 Å². The number of anilines is 2. The van der Waals surface area contributed by atoms with Crippen molar-refractivity contribution in [3.63, 3.8) is 0 Å². The summed E-state index contributed by atoms with van der Waals surface area (Å²) in [6.07, 6.45) is 0. The smallest absolute Gasteiger partial charge is 0.322 e. The van der Waals surface area contributed by atoms with Gasteiger partial charge >= 0.3 is 6.03 Å². The lowest BCUT2D eigenvalue weighted by Gasteiger charge is -2.15. The number of urea groups is 1. The van der Waals surface area contributed by atoms with E-state index in [1.165, 1.54) is 11.1 Å². The second-order valence-corrected chi connectivity index (χ2v) is 5.06. The number of hydrogen-bond donors (Lipinski definition) is 2. The van der Waals surface area contributed by atoms with Gasteiger partial charge in [-0.25, -0.2) is 4.79 Å². The molecule has 1 atom stereocenters. The predicted octanol–water partition coefficient (Wildman–Crippen LogP) is 2.85. The molecule has 3 N–H and O–H groups in total. The average molecular weight is 267 g/mol. The van der Waals surface area contributed by atoms with E-state index >= 15 is 0 Å². The van der Waals surface area contributed by atoms with E-state index < -0.39 is 0 Å². The lowest BCUT2D eigenvalue weighted by molar-refractivity contribution is 0.251. The average Bonchev–Trinajstić information content (AvgIpc) is 2.82. The lowest BCUT2D eigenvalue weighted by atomic mass is 10.0. The molecule has 2 aromatic carbocycles. The number of amides is 2. The van der Waals surface area contributed by atoms with Crippen molar-refractivity contribution >= 4 is 17.4 Å². The van der Waals surface area contributed by atoms with Crippen LogP contribution in [0.1, 0.15) is 17.2 Å². The number of carbonyl (C=O) groups excluding carboxylic acids is 1. The largest absolute Gasteiger partial charge is 0.399 e. The number of benzene rings is 2. The van der Waals surface area contributed by atoms with E-state index in [0.717, 1.165) is 5.69 Å². The molecule has 20 heavy (non-hydrogen) atoms. The maximum atomic E-state index is 12.1. The van der Waals surface area contributed by atoms with Crippen molar-refractivity contribution in [1.82, 2.24) is 5.32 Å². The summed E-state index contributed by atoms with van der Waals surface area (Å²) in [5.74, 6) is 0. The van der Waals surface area contributed by atoms with E-state index in [2.05, 4.69) is 24.4 Å². The number of aryl methyl sites for hydroxylation is 1. The fourth-order valence-corrected chi connectivity index (χ4v) is 2.57. The minimum absolute atomic E-state index is 0.0289. The maximum Gasteiger partial charge on any atom is 0.322 e. The molecule has 2 amide bonds. The number of nitrogens with two attached hydrogens (primary N) is 1. The Hall–Kier alpha value is -2.49. The molecule has 1 heterocycles. The van der Waals surface area contributed by atoms with Gasteiger partial charge in [-0.2, -0.15) is 0 Å². The normalized spacial score (nSPS) is 18.1. The van der Waals surface area contributed by atoms with Crippen LogP contribution >= 0.6 is 0 Å². The molecular weight excluding hydrogens is 250 g/mol. The fraction of sp³-hybridized carbons (Fsp3) is 0.188. The van der Waals surface area contributed by atoms with Crippen molar-refractivity contribution in [1.29, 1.82) is 0 Å². The van der Waals surface area contributed by atoms with E-state index in [1.54, 1.807) is 4.90 Å². The summed E-state index contributed by atoms with van der Waals surface area (Å²) in [4.78, 5) is 13.9. The number of carbonyl (C=O) groups is 1. The van der Waals surface area contributed by atoms with Crippen molar-refractivity contribution in [2.45, 2.75) is 13.0 Å². The summed E-state index contributed by atoms with van der Waals surface area (Å²) in [5, 5.41) is 3.03. The fourth-order valence-electron chi connectivity index (χ4n) is 2.57. The van der Waals surface area contributed by atoms with Crippen LogP contribution in [0.2, 0.25) is 0 Å². The number of nitrogens with one attached hydrogen (secondary N) is 1. The minimum Gasteiger partial charge on any atom is -0.399 e. The third kappa shape index (κ3) is 2.20. The first-order chi connectivity index (χ1) is 9.65. The third-order valence-electron chi connectivity index (χ3n) is 3.68. The molecule has 0 aliphatic carbocycles. The van der Waals surface area contributed by atoms with Gasteiger partial charge in [0.25, 0.3) is 0 Å². The van der Waals surface area contributed by atoms with Crippen LogP contribution in [0.5, 0.6) is 0 Å². The molecule has 1 saturated heterocycles. The van der Waals surface area contributed by atoms with E-state index in [0.29, 0.717) is 12.2 Å². The molecule has 0 aromatic heterocycles. The van der Waals surface area contributed by atoms with Crippen LogP contribution in [0, 0.1) is 6.92 Å². The molecule has 0 radical (unpaired) electrons. The van der Waals surface area contributed by atoms with Gasteiger partial charge < -0.3 is 11.1 Å². The standard InChI is InChI=1S/C16H17N3O/c1-11-4-2-3-5-14(11)15-10-19(16(20)18-15)13-8-6-12(17)7-9-13/h2-9,15H,10,17H2,1H3,(H,18,20). The van der Waals surface area contributed by atoms with Crippen molar-refractivity contribution in [3.8, 4) is 0 Å². The summed E-state index contributed by atoms with van der Waals surface area (Å²) in [5.41, 5.74) is 9.60. The zero-order chi connectivity index (χ0) is 14.1. The first-order valence-electron chi connectivity index (χ1n) is 6.64. The molecule has 0 spiro atoms. The minimum atomic E-state index is -0.0666. The summed E-state index contributed by atoms with van der Waals surface area (Å²) in [7, 11) is 0. The predicted molar refractivity (Wildman–Crippen MR) is 80.7 cm³/mol. The highest BCUT2D eigenvalue weighted by atomic mass is 16.2. The summed E-state index contributed by atoms with van der Waals surface area (Å²) in [6, 6.07) is 15.5. The Kier molecular flexibility index (Phi) is 3.06. The third-order valence-corrected chi connectivity index (χ3v) is 3.68. The van der Waals surface area contributed by atoms with Gasteiger partial charge in [0.05, 0.1) is 12.6 Å². The lowest BCUT2D eigenvalue weighted by Crippen LogP contribution is -2.27. The van der Waals surface area contributed by atoms with E-state index in [9.17, 15) is 4.79 Å². The quantitative estimate of drug-likeness (QED) is 0.822. The Labute approximate surface area is 118 Å². The highest BCUT2D eigenvalue weighted by Gasteiger charge is 2.31. The van der Waals surface area contributed by atoms with Crippen LogP contribution in [-0.2, 0) is 0 Å². The molecule has 4 heteroatoms. The number of rotatable bonds is 2. The zero-order valence-electron chi connectivity index (χ0n) is 11.3. The van der Waals surface area contributed by atoms with Crippen molar-refractivity contribution in [2.24, 2.45) is 0 Å². The van der Waals surface area contributed by atoms with Crippen LogP contribution in [0.3, 0.4) is 0 Å². The molecule has 1 fully saturated rings. The molecule has 1 unspecified atom stereocenters. The monoisotopic (exact) mass is 267 g/mol.